The molecule has 5 aliphatic heterocycles. The van der Waals surface area contributed by atoms with Crippen molar-refractivity contribution in [2.75, 3.05) is 30.2 Å². The Bertz CT molecular complexity index is 2520. The Kier molecular flexibility index (Phi) is 5.59. The predicted octanol–water partition coefficient (Wildman–Crippen LogP) is 7.62. The normalized spacial score (nSPS) is 15.7. The second-order valence-corrected chi connectivity index (χ2v) is 14.8. The Morgan fingerprint density at radius 2 is 1.33 bits per heavy atom. The summed E-state index contributed by atoms with van der Waals surface area (Å²) in [5, 5.41) is 1.06. The first-order valence-corrected chi connectivity index (χ1v) is 17.3. The molecule has 0 saturated carbocycles. The minimum Gasteiger partial charge on any atom is -0.468 e. The lowest BCUT2D eigenvalue weighted by Gasteiger charge is -2.43. The van der Waals surface area contributed by atoms with Crippen molar-refractivity contribution in [1.29, 1.82) is 0 Å². The van der Waals surface area contributed by atoms with E-state index in [4.69, 9.17) is 32.8 Å². The van der Waals surface area contributed by atoms with Crippen LogP contribution in [0.3, 0.4) is 0 Å². The van der Waals surface area contributed by atoms with Gasteiger partial charge in [0.05, 0.1) is 22.7 Å². The van der Waals surface area contributed by atoms with Gasteiger partial charge in [0.2, 0.25) is 20.4 Å². The number of hydrogen-bond acceptors (Lipinski definition) is 9. The SMILES string of the molecule is Cc1cc2c(c(C)c1N1c3cccc4c3B(c3cc5c(cc3N4c3ccc4c(c3)OCO4)OCO5)c3oc4ccc(C(C)(C)C)cc4c31)OCO2. The zero-order valence-corrected chi connectivity index (χ0v) is 28.9. The molecule has 252 valence electrons. The largest absolute Gasteiger partial charge is 0.468 e. The smallest absolute Gasteiger partial charge is 0.297 e. The number of fused-ring (bicyclic) bond motifs is 9. The molecule has 1 aromatic heterocycles. The summed E-state index contributed by atoms with van der Waals surface area (Å²) in [4.78, 5) is 4.68. The Hall–Kier alpha value is -5.90. The number of nitrogens with zero attached hydrogens (tertiary/aromatic N) is 2. The molecule has 0 saturated heterocycles. The monoisotopic (exact) mass is 676 g/mol. The zero-order chi connectivity index (χ0) is 34.3. The average molecular weight is 677 g/mol. The molecule has 0 aliphatic carbocycles. The van der Waals surface area contributed by atoms with E-state index in [-0.39, 0.29) is 32.5 Å². The number of rotatable bonds is 2. The molecule has 0 unspecified atom stereocenters. The highest BCUT2D eigenvalue weighted by atomic mass is 16.7. The summed E-state index contributed by atoms with van der Waals surface area (Å²) < 4.78 is 42.6. The lowest BCUT2D eigenvalue weighted by atomic mass is 9.35. The third-order valence-electron chi connectivity index (χ3n) is 10.8. The molecule has 0 spiro atoms. The molecule has 5 aliphatic rings. The van der Waals surface area contributed by atoms with Crippen molar-refractivity contribution in [1.82, 2.24) is 0 Å². The Morgan fingerprint density at radius 3 is 2.14 bits per heavy atom. The Labute approximate surface area is 294 Å². The maximum absolute atomic E-state index is 7.08. The number of aryl methyl sites for hydroxylation is 1. The highest BCUT2D eigenvalue weighted by molar-refractivity contribution is 7.00. The van der Waals surface area contributed by atoms with Gasteiger partial charge >= 0.3 is 0 Å². The van der Waals surface area contributed by atoms with Crippen molar-refractivity contribution in [2.45, 2.75) is 40.0 Å². The molecule has 9 nitrogen and oxygen atoms in total. The van der Waals surface area contributed by atoms with Crippen LogP contribution in [-0.4, -0.2) is 27.1 Å². The van der Waals surface area contributed by atoms with Crippen LogP contribution in [0.15, 0.2) is 77.2 Å². The number of furan rings is 1. The first-order chi connectivity index (χ1) is 24.7. The molecule has 6 heterocycles. The Morgan fingerprint density at radius 1 is 0.627 bits per heavy atom. The van der Waals surface area contributed by atoms with Crippen molar-refractivity contribution in [3.63, 3.8) is 0 Å². The molecule has 0 radical (unpaired) electrons. The third kappa shape index (κ3) is 3.87. The fourth-order valence-corrected chi connectivity index (χ4v) is 8.51. The van der Waals surface area contributed by atoms with Crippen LogP contribution in [0.5, 0.6) is 34.5 Å². The van der Waals surface area contributed by atoms with E-state index in [1.807, 2.05) is 12.1 Å². The van der Waals surface area contributed by atoms with Gasteiger partial charge in [-0.25, -0.2) is 0 Å². The standard InChI is InChI=1S/C41H33BN2O7/c1-21-13-35-39(50-20-49-35)22(2)37(21)44-28-8-6-7-27-36(28)42(40-38(44)25-14-23(41(3,4)5)9-11-30(25)51-40)26-16-33-34(48-19-47-33)17-29(26)43(27)24-10-12-31-32(15-24)46-18-45-31/h6-17H,18-20H2,1-5H3. The fraction of sp³-hybridized carbons (Fsp3) is 0.220. The molecule has 51 heavy (non-hydrogen) atoms. The molecular formula is C41H33BN2O7. The first-order valence-electron chi connectivity index (χ1n) is 17.3. The van der Waals surface area contributed by atoms with Gasteiger partial charge in [0.15, 0.2) is 34.5 Å². The summed E-state index contributed by atoms with van der Waals surface area (Å²) in [6, 6.07) is 25.6. The zero-order valence-electron chi connectivity index (χ0n) is 28.9. The summed E-state index contributed by atoms with van der Waals surface area (Å²) in [5.74, 6) is 4.42. The summed E-state index contributed by atoms with van der Waals surface area (Å²) in [7, 11) is 0. The molecule has 0 atom stereocenters. The number of benzene rings is 5. The molecule has 5 aromatic carbocycles. The van der Waals surface area contributed by atoms with Crippen molar-refractivity contribution >= 4 is 68.4 Å². The Balaban J connectivity index is 1.25. The van der Waals surface area contributed by atoms with Gasteiger partial charge in [0.1, 0.15) is 5.58 Å². The van der Waals surface area contributed by atoms with Crippen LogP contribution < -0.4 is 54.8 Å². The van der Waals surface area contributed by atoms with Gasteiger partial charge in [-0.2, -0.15) is 0 Å². The molecule has 0 amide bonds. The lowest BCUT2D eigenvalue weighted by molar-refractivity contribution is 0.173. The van der Waals surface area contributed by atoms with Gasteiger partial charge in [-0.3, -0.25) is 0 Å². The second kappa shape index (κ2) is 9.87. The predicted molar refractivity (Wildman–Crippen MR) is 197 cm³/mol. The van der Waals surface area contributed by atoms with E-state index >= 15 is 0 Å². The van der Waals surface area contributed by atoms with Gasteiger partial charge in [-0.1, -0.05) is 32.9 Å². The van der Waals surface area contributed by atoms with Crippen LogP contribution in [-0.2, 0) is 5.41 Å². The maximum atomic E-state index is 7.08. The van der Waals surface area contributed by atoms with Crippen LogP contribution in [0.4, 0.5) is 34.1 Å². The van der Waals surface area contributed by atoms with E-state index in [9.17, 15) is 0 Å². The van der Waals surface area contributed by atoms with Crippen molar-refractivity contribution in [2.24, 2.45) is 0 Å². The van der Waals surface area contributed by atoms with Crippen molar-refractivity contribution in [3.8, 4) is 34.5 Å². The number of hydrogen-bond donors (Lipinski definition) is 0. The highest BCUT2D eigenvalue weighted by Crippen LogP contribution is 2.53. The maximum Gasteiger partial charge on any atom is 0.297 e. The van der Waals surface area contributed by atoms with Crippen LogP contribution in [0.1, 0.15) is 37.5 Å². The summed E-state index contributed by atoms with van der Waals surface area (Å²) in [6.45, 7) is 11.3. The number of anilines is 6. The van der Waals surface area contributed by atoms with Crippen LogP contribution in [0.25, 0.3) is 11.0 Å². The van der Waals surface area contributed by atoms with Gasteiger partial charge < -0.3 is 42.6 Å². The molecule has 11 rings (SSSR count). The van der Waals surface area contributed by atoms with Gasteiger partial charge in [0.25, 0.3) is 6.71 Å². The van der Waals surface area contributed by atoms with Crippen molar-refractivity contribution < 1.29 is 32.8 Å². The van der Waals surface area contributed by atoms with Crippen LogP contribution in [0.2, 0.25) is 0 Å². The molecule has 10 heteroatoms. The quantitative estimate of drug-likeness (QED) is 0.172. The van der Waals surface area contributed by atoms with E-state index in [0.717, 1.165) is 95.8 Å². The van der Waals surface area contributed by atoms with E-state index in [1.165, 1.54) is 5.56 Å². The van der Waals surface area contributed by atoms with Crippen molar-refractivity contribution in [3.05, 3.63) is 89.5 Å². The molecule has 0 N–H and O–H groups in total. The first kappa shape index (κ1) is 28.9. The van der Waals surface area contributed by atoms with Gasteiger partial charge in [-0.05, 0) is 89.8 Å². The number of ether oxygens (including phenoxy) is 6. The highest BCUT2D eigenvalue weighted by Gasteiger charge is 2.48. The second-order valence-electron chi connectivity index (χ2n) is 14.8. The molecule has 6 aromatic rings. The summed E-state index contributed by atoms with van der Waals surface area (Å²) in [5.41, 5.74) is 13.3. The summed E-state index contributed by atoms with van der Waals surface area (Å²) >= 11 is 0. The van der Waals surface area contributed by atoms with E-state index in [1.54, 1.807) is 0 Å². The van der Waals surface area contributed by atoms with E-state index < -0.39 is 0 Å². The van der Waals surface area contributed by atoms with E-state index in [2.05, 4.69) is 105 Å². The molecule has 0 fully saturated rings. The average Bonchev–Trinajstić information content (AvgIpc) is 3.93. The third-order valence-corrected chi connectivity index (χ3v) is 10.8. The molecule has 0 bridgehead atoms. The van der Waals surface area contributed by atoms with Crippen LogP contribution in [0, 0.1) is 13.8 Å². The summed E-state index contributed by atoms with van der Waals surface area (Å²) in [6.07, 6.45) is 0. The minimum atomic E-state index is -0.239. The van der Waals surface area contributed by atoms with Gasteiger partial charge in [-0.15, -0.1) is 0 Å². The minimum absolute atomic E-state index is 0.0616. The topological polar surface area (TPSA) is 75.0 Å². The molecular weight excluding hydrogens is 643 g/mol. The lowest BCUT2D eigenvalue weighted by Crippen LogP contribution is -2.61. The van der Waals surface area contributed by atoms with E-state index in [0.29, 0.717) is 11.5 Å². The fourth-order valence-electron chi connectivity index (χ4n) is 8.51. The van der Waals surface area contributed by atoms with Gasteiger partial charge in [0, 0.05) is 40.1 Å². The van der Waals surface area contributed by atoms with Crippen LogP contribution >= 0.6 is 0 Å².